The van der Waals surface area contributed by atoms with Gasteiger partial charge in [0, 0.05) is 19.4 Å². The topological polar surface area (TPSA) is 61.8 Å². The van der Waals surface area contributed by atoms with Crippen LogP contribution in [0.4, 0.5) is 0 Å². The van der Waals surface area contributed by atoms with Gasteiger partial charge < -0.3 is 14.2 Å². The van der Waals surface area contributed by atoms with E-state index in [2.05, 4.69) is 118 Å². The average molecular weight is 861 g/mol. The Morgan fingerprint density at radius 1 is 0.371 bits per heavy atom. The average Bonchev–Trinajstić information content (AvgIpc) is 3.27. The third-order valence-electron chi connectivity index (χ3n) is 10.6. The van der Waals surface area contributed by atoms with Gasteiger partial charge in [-0.2, -0.15) is 0 Å². The molecule has 0 aliphatic carbocycles. The van der Waals surface area contributed by atoms with E-state index in [1.807, 2.05) is 0 Å². The van der Waals surface area contributed by atoms with Crippen LogP contribution in [0.2, 0.25) is 0 Å². The zero-order valence-corrected chi connectivity index (χ0v) is 40.6. The molecule has 62 heavy (non-hydrogen) atoms. The van der Waals surface area contributed by atoms with Crippen LogP contribution in [0.25, 0.3) is 0 Å². The maximum atomic E-state index is 12.8. The standard InChI is InChI=1S/C57H96O5/c1-4-7-10-13-16-19-22-25-27-28-29-30-32-33-35-38-41-44-47-50-56(58)61-54-55(53-60-52-49-46-43-40-37-24-21-18-15-12-9-6-3)62-57(59)51-48-45-42-39-36-34-31-26-23-20-17-14-11-8-5-2/h7-8,10-11,16-17,19-20,25-27,29-31,33,35,55H,4-6,9,12-15,18,21-24,28,32,34,36-54H2,1-3H3/b10-7-,11-8-,19-16-,20-17-,27-25-,30-29-,31-26-,35-33-. The first-order valence-electron chi connectivity index (χ1n) is 25.8. The molecule has 0 N–H and O–H groups in total. The van der Waals surface area contributed by atoms with E-state index in [-0.39, 0.29) is 25.2 Å². The van der Waals surface area contributed by atoms with Crippen LogP contribution in [0.5, 0.6) is 0 Å². The number of esters is 2. The van der Waals surface area contributed by atoms with Gasteiger partial charge in [-0.05, 0) is 96.3 Å². The van der Waals surface area contributed by atoms with E-state index in [1.54, 1.807) is 0 Å². The Morgan fingerprint density at radius 2 is 0.726 bits per heavy atom. The van der Waals surface area contributed by atoms with Gasteiger partial charge in [-0.25, -0.2) is 0 Å². The molecule has 0 bridgehead atoms. The summed E-state index contributed by atoms with van der Waals surface area (Å²) in [4.78, 5) is 25.4. The van der Waals surface area contributed by atoms with Crippen LogP contribution in [0.3, 0.4) is 0 Å². The molecule has 354 valence electrons. The normalized spacial score (nSPS) is 13.0. The monoisotopic (exact) mass is 861 g/mol. The van der Waals surface area contributed by atoms with E-state index in [4.69, 9.17) is 14.2 Å². The summed E-state index contributed by atoms with van der Waals surface area (Å²) in [5.74, 6) is -0.454. The molecule has 0 fully saturated rings. The lowest BCUT2D eigenvalue weighted by molar-refractivity contribution is -0.163. The van der Waals surface area contributed by atoms with Crippen molar-refractivity contribution in [1.82, 2.24) is 0 Å². The highest BCUT2D eigenvalue weighted by Gasteiger charge is 2.17. The number of carbonyl (C=O) groups excluding carboxylic acids is 2. The van der Waals surface area contributed by atoms with E-state index in [1.165, 1.54) is 77.0 Å². The maximum absolute atomic E-state index is 12.8. The molecule has 0 aromatic carbocycles. The SMILES string of the molecule is CC/C=C\C/C=C\C/C=C\C/C=C\C/C=C\CCCCCC(=O)OCC(COCCCCCCCCCCCCCC)OC(=O)CCCCCCC/C=C\C/C=C\C/C=C\CC. The highest BCUT2D eigenvalue weighted by atomic mass is 16.6. The van der Waals surface area contributed by atoms with Crippen LogP contribution in [-0.4, -0.2) is 37.9 Å². The van der Waals surface area contributed by atoms with Crippen LogP contribution >= 0.6 is 0 Å². The lowest BCUT2D eigenvalue weighted by Gasteiger charge is -2.18. The summed E-state index contributed by atoms with van der Waals surface area (Å²) >= 11 is 0. The van der Waals surface area contributed by atoms with Crippen molar-refractivity contribution in [2.45, 2.75) is 232 Å². The Balaban J connectivity index is 4.35. The highest BCUT2D eigenvalue weighted by molar-refractivity contribution is 5.70. The highest BCUT2D eigenvalue weighted by Crippen LogP contribution is 2.14. The van der Waals surface area contributed by atoms with Crippen molar-refractivity contribution in [3.8, 4) is 0 Å². The van der Waals surface area contributed by atoms with Crippen LogP contribution in [0.15, 0.2) is 97.2 Å². The first-order valence-corrected chi connectivity index (χ1v) is 25.8. The molecule has 0 amide bonds. The van der Waals surface area contributed by atoms with Crippen LogP contribution in [0.1, 0.15) is 226 Å². The van der Waals surface area contributed by atoms with Gasteiger partial charge in [-0.1, -0.05) is 214 Å². The molecule has 0 aromatic heterocycles. The Kier molecular flexibility index (Phi) is 49.5. The summed E-state index contributed by atoms with van der Waals surface area (Å²) in [6, 6.07) is 0. The second kappa shape index (κ2) is 52.2. The number of carbonyl (C=O) groups is 2. The first kappa shape index (κ1) is 58.8. The molecule has 1 atom stereocenters. The van der Waals surface area contributed by atoms with Crippen molar-refractivity contribution in [3.05, 3.63) is 97.2 Å². The van der Waals surface area contributed by atoms with Gasteiger partial charge in [-0.15, -0.1) is 0 Å². The molecule has 5 nitrogen and oxygen atoms in total. The predicted octanol–water partition coefficient (Wildman–Crippen LogP) is 17.5. The van der Waals surface area contributed by atoms with E-state index in [0.29, 0.717) is 19.4 Å². The second-order valence-corrected chi connectivity index (χ2v) is 16.7. The minimum atomic E-state index is -0.562. The second-order valence-electron chi connectivity index (χ2n) is 16.7. The Morgan fingerprint density at radius 3 is 1.18 bits per heavy atom. The van der Waals surface area contributed by atoms with E-state index >= 15 is 0 Å². The summed E-state index contributed by atoms with van der Waals surface area (Å²) in [6.45, 7) is 7.55. The fourth-order valence-corrected chi connectivity index (χ4v) is 6.84. The molecular formula is C57H96O5. The van der Waals surface area contributed by atoms with Crippen molar-refractivity contribution in [1.29, 1.82) is 0 Å². The van der Waals surface area contributed by atoms with Crippen molar-refractivity contribution in [2.75, 3.05) is 19.8 Å². The zero-order chi connectivity index (χ0) is 44.9. The molecule has 5 heteroatoms. The fraction of sp³-hybridized carbons (Fsp3) is 0.684. The smallest absolute Gasteiger partial charge is 0.306 e. The van der Waals surface area contributed by atoms with Crippen LogP contribution in [0, 0.1) is 0 Å². The molecule has 0 radical (unpaired) electrons. The number of ether oxygens (including phenoxy) is 3. The summed E-state index contributed by atoms with van der Waals surface area (Å²) in [6.07, 6.45) is 69.8. The molecule has 1 unspecified atom stereocenters. The lowest BCUT2D eigenvalue weighted by atomic mass is 10.1. The van der Waals surface area contributed by atoms with Crippen molar-refractivity contribution in [2.24, 2.45) is 0 Å². The van der Waals surface area contributed by atoms with E-state index in [0.717, 1.165) is 116 Å². The number of unbranched alkanes of at least 4 members (excludes halogenated alkanes) is 19. The van der Waals surface area contributed by atoms with Gasteiger partial charge >= 0.3 is 11.9 Å². The zero-order valence-electron chi connectivity index (χ0n) is 40.6. The Labute approximate surface area is 383 Å². The van der Waals surface area contributed by atoms with Gasteiger partial charge in [0.1, 0.15) is 6.61 Å². The van der Waals surface area contributed by atoms with Gasteiger partial charge in [0.25, 0.3) is 0 Å². The summed E-state index contributed by atoms with van der Waals surface area (Å²) in [5.41, 5.74) is 0. The van der Waals surface area contributed by atoms with Crippen molar-refractivity contribution >= 4 is 11.9 Å². The minimum absolute atomic E-state index is 0.0578. The molecule has 0 saturated heterocycles. The molecule has 0 aromatic rings. The largest absolute Gasteiger partial charge is 0.462 e. The summed E-state index contributed by atoms with van der Waals surface area (Å²) in [7, 11) is 0. The summed E-state index contributed by atoms with van der Waals surface area (Å²) in [5, 5.41) is 0. The molecule has 0 spiro atoms. The Bertz CT molecular complexity index is 1200. The van der Waals surface area contributed by atoms with E-state index < -0.39 is 6.10 Å². The van der Waals surface area contributed by atoms with E-state index in [9.17, 15) is 9.59 Å². The van der Waals surface area contributed by atoms with Crippen molar-refractivity contribution in [3.63, 3.8) is 0 Å². The van der Waals surface area contributed by atoms with Gasteiger partial charge in [0.15, 0.2) is 6.10 Å². The third-order valence-corrected chi connectivity index (χ3v) is 10.6. The Hall–Kier alpha value is -3.18. The molecule has 0 heterocycles. The van der Waals surface area contributed by atoms with Gasteiger partial charge in [0.2, 0.25) is 0 Å². The molecule has 0 aliphatic heterocycles. The molecular weight excluding hydrogens is 765 g/mol. The van der Waals surface area contributed by atoms with Crippen molar-refractivity contribution < 1.29 is 23.8 Å². The lowest BCUT2D eigenvalue weighted by Crippen LogP contribution is -2.30. The maximum Gasteiger partial charge on any atom is 0.306 e. The fourth-order valence-electron chi connectivity index (χ4n) is 6.84. The van der Waals surface area contributed by atoms with Gasteiger partial charge in [0.05, 0.1) is 6.61 Å². The predicted molar refractivity (Wildman–Crippen MR) is 270 cm³/mol. The first-order chi connectivity index (χ1) is 30.6. The summed E-state index contributed by atoms with van der Waals surface area (Å²) < 4.78 is 17.4. The minimum Gasteiger partial charge on any atom is -0.462 e. The number of hydrogen-bond donors (Lipinski definition) is 0. The van der Waals surface area contributed by atoms with Gasteiger partial charge in [-0.3, -0.25) is 9.59 Å². The number of rotatable bonds is 46. The number of allylic oxidation sites excluding steroid dienone is 16. The molecule has 0 saturated carbocycles. The molecule has 0 aliphatic rings. The number of hydrogen-bond acceptors (Lipinski definition) is 5. The quantitative estimate of drug-likeness (QED) is 0.0347. The van der Waals surface area contributed by atoms with Crippen LogP contribution in [-0.2, 0) is 23.8 Å². The molecule has 0 rings (SSSR count). The van der Waals surface area contributed by atoms with Crippen LogP contribution < -0.4 is 0 Å². The third kappa shape index (κ3) is 49.5.